The van der Waals surface area contributed by atoms with E-state index in [1.54, 1.807) is 0 Å². The molecule has 0 aromatic rings. The van der Waals surface area contributed by atoms with Gasteiger partial charge in [0, 0.05) is 56.4 Å². The average Bonchev–Trinajstić information content (AvgIpc) is 2.58. The maximum Gasteiger partial charge on any atom is 0.220 e. The van der Waals surface area contributed by atoms with Gasteiger partial charge in [-0.25, -0.2) is 0 Å². The SMILES string of the molecule is CNCC1CCC(NC(=O)CCCC(=O)C(C)C)CC1.O=CCCO.[V]. The Kier molecular flexibility index (Phi) is 18.8. The van der Waals surface area contributed by atoms with Gasteiger partial charge in [-0.2, -0.15) is 0 Å². The Morgan fingerprint density at radius 3 is 2.19 bits per heavy atom. The van der Waals surface area contributed by atoms with Gasteiger partial charge in [0.2, 0.25) is 5.91 Å². The van der Waals surface area contributed by atoms with Crippen LogP contribution in [-0.2, 0) is 32.9 Å². The molecule has 1 aliphatic carbocycles. The number of carbonyl (C=O) groups excluding carboxylic acids is 3. The third-order valence-corrected chi connectivity index (χ3v) is 4.42. The molecule has 1 fully saturated rings. The van der Waals surface area contributed by atoms with Gasteiger partial charge in [-0.3, -0.25) is 9.59 Å². The number of hydrogen-bond donors (Lipinski definition) is 3. The number of aldehydes is 1. The molecular weight excluding hydrogens is 371 g/mol. The molecule has 0 aromatic heterocycles. The van der Waals surface area contributed by atoms with Crippen LogP contribution >= 0.6 is 0 Å². The van der Waals surface area contributed by atoms with E-state index >= 15 is 0 Å². The number of amides is 1. The van der Waals surface area contributed by atoms with Crippen LogP contribution in [0.15, 0.2) is 0 Å². The van der Waals surface area contributed by atoms with E-state index in [1.807, 2.05) is 20.9 Å². The van der Waals surface area contributed by atoms with Crippen LogP contribution in [-0.4, -0.2) is 49.3 Å². The minimum absolute atomic E-state index is 0. The van der Waals surface area contributed by atoms with E-state index in [0.29, 0.717) is 31.6 Å². The molecule has 1 radical (unpaired) electrons. The predicted molar refractivity (Wildman–Crippen MR) is 99.3 cm³/mol. The maximum absolute atomic E-state index is 11.8. The van der Waals surface area contributed by atoms with Gasteiger partial charge in [-0.15, -0.1) is 0 Å². The van der Waals surface area contributed by atoms with Crippen LogP contribution in [0.2, 0.25) is 0 Å². The number of aliphatic hydroxyl groups excluding tert-OH is 1. The Labute approximate surface area is 170 Å². The smallest absolute Gasteiger partial charge is 0.220 e. The number of ketones is 1. The van der Waals surface area contributed by atoms with E-state index in [0.717, 1.165) is 25.3 Å². The second-order valence-corrected chi connectivity index (χ2v) is 7.00. The van der Waals surface area contributed by atoms with Crippen molar-refractivity contribution in [2.75, 3.05) is 20.2 Å². The molecule has 3 N–H and O–H groups in total. The molecule has 0 aromatic carbocycles. The molecule has 0 bridgehead atoms. The maximum atomic E-state index is 11.8. The molecule has 1 saturated carbocycles. The van der Waals surface area contributed by atoms with Gasteiger partial charge < -0.3 is 20.5 Å². The average molecular weight is 407 g/mol. The second kappa shape index (κ2) is 17.7. The zero-order valence-electron chi connectivity index (χ0n) is 16.5. The van der Waals surface area contributed by atoms with E-state index in [-0.39, 0.29) is 49.2 Å². The normalized spacial score (nSPS) is 19.0. The molecule has 0 heterocycles. The summed E-state index contributed by atoms with van der Waals surface area (Å²) >= 11 is 0. The van der Waals surface area contributed by atoms with Crippen LogP contribution in [0, 0.1) is 11.8 Å². The summed E-state index contributed by atoms with van der Waals surface area (Å²) < 4.78 is 0. The molecule has 0 atom stereocenters. The fourth-order valence-corrected chi connectivity index (χ4v) is 2.86. The first-order chi connectivity index (χ1) is 11.9. The Balaban J connectivity index is 0. The van der Waals surface area contributed by atoms with Gasteiger partial charge in [0.05, 0.1) is 0 Å². The first-order valence-electron chi connectivity index (χ1n) is 9.45. The third kappa shape index (κ3) is 14.5. The van der Waals surface area contributed by atoms with Crippen molar-refractivity contribution in [1.29, 1.82) is 0 Å². The molecule has 7 heteroatoms. The van der Waals surface area contributed by atoms with E-state index in [2.05, 4.69) is 10.6 Å². The summed E-state index contributed by atoms with van der Waals surface area (Å²) in [5.74, 6) is 1.21. The summed E-state index contributed by atoms with van der Waals surface area (Å²) in [4.78, 5) is 32.6. The molecule has 0 spiro atoms. The zero-order valence-corrected chi connectivity index (χ0v) is 17.9. The van der Waals surface area contributed by atoms with E-state index in [4.69, 9.17) is 5.11 Å². The summed E-state index contributed by atoms with van der Waals surface area (Å²) in [5.41, 5.74) is 0. The van der Waals surface area contributed by atoms with Crippen LogP contribution in [0.1, 0.15) is 65.2 Å². The Hall–Kier alpha value is -0.686. The number of carbonyl (C=O) groups is 3. The standard InChI is InChI=1S/C16H30N2O2.C3H6O2.V/c1-12(2)15(19)5-4-6-16(20)18-14-9-7-13(8-10-14)11-17-3;4-2-1-3-5;/h12-14,17H,4-11H2,1-3H3,(H,18,20);2,5H,1,3H2;. The van der Waals surface area contributed by atoms with Gasteiger partial charge in [-0.05, 0) is 51.6 Å². The van der Waals surface area contributed by atoms with Gasteiger partial charge in [0.25, 0.3) is 0 Å². The fourth-order valence-electron chi connectivity index (χ4n) is 2.86. The van der Waals surface area contributed by atoms with Crippen molar-refractivity contribution in [2.24, 2.45) is 11.8 Å². The quantitative estimate of drug-likeness (QED) is 0.481. The van der Waals surface area contributed by atoms with Crippen LogP contribution in [0.3, 0.4) is 0 Å². The van der Waals surface area contributed by atoms with Crippen LogP contribution in [0.5, 0.6) is 0 Å². The molecule has 0 aliphatic heterocycles. The monoisotopic (exact) mass is 407 g/mol. The minimum atomic E-state index is -0.0243. The number of Topliss-reactive ketones (excluding diaryl/α,β-unsaturated/α-hetero) is 1. The van der Waals surface area contributed by atoms with Crippen molar-refractivity contribution in [1.82, 2.24) is 10.6 Å². The van der Waals surface area contributed by atoms with Gasteiger partial charge in [0.1, 0.15) is 12.1 Å². The topological polar surface area (TPSA) is 95.5 Å². The van der Waals surface area contributed by atoms with Gasteiger partial charge in [0.15, 0.2) is 0 Å². The Morgan fingerprint density at radius 1 is 1.15 bits per heavy atom. The van der Waals surface area contributed by atoms with Crippen molar-refractivity contribution in [3.63, 3.8) is 0 Å². The molecule has 1 aliphatic rings. The van der Waals surface area contributed by atoms with E-state index < -0.39 is 0 Å². The van der Waals surface area contributed by atoms with Crippen LogP contribution in [0.4, 0.5) is 0 Å². The molecule has 6 nitrogen and oxygen atoms in total. The van der Waals surface area contributed by atoms with Crippen LogP contribution < -0.4 is 10.6 Å². The zero-order chi connectivity index (χ0) is 19.1. The molecular formula is C19H36N2O4V. The van der Waals surface area contributed by atoms with Crippen LogP contribution in [0.25, 0.3) is 0 Å². The largest absolute Gasteiger partial charge is 0.396 e. The van der Waals surface area contributed by atoms with E-state index in [1.165, 1.54) is 12.8 Å². The summed E-state index contributed by atoms with van der Waals surface area (Å²) in [7, 11) is 1.99. The molecule has 151 valence electrons. The van der Waals surface area contributed by atoms with Crippen molar-refractivity contribution in [3.05, 3.63) is 0 Å². The van der Waals surface area contributed by atoms with Gasteiger partial charge in [-0.1, -0.05) is 13.8 Å². The number of nitrogens with one attached hydrogen (secondary N) is 2. The third-order valence-electron chi connectivity index (χ3n) is 4.42. The predicted octanol–water partition coefficient (Wildman–Crippen LogP) is 1.84. The number of aliphatic hydroxyl groups is 1. The molecule has 1 rings (SSSR count). The first kappa shape index (κ1) is 27.5. The van der Waals surface area contributed by atoms with Crippen molar-refractivity contribution in [3.8, 4) is 0 Å². The van der Waals surface area contributed by atoms with Crippen molar-refractivity contribution >= 4 is 18.0 Å². The van der Waals surface area contributed by atoms with E-state index in [9.17, 15) is 14.4 Å². The Bertz CT molecular complexity index is 384. The second-order valence-electron chi connectivity index (χ2n) is 7.00. The molecule has 1 amide bonds. The Morgan fingerprint density at radius 2 is 1.77 bits per heavy atom. The number of rotatable bonds is 10. The fraction of sp³-hybridized carbons (Fsp3) is 0.842. The van der Waals surface area contributed by atoms with Gasteiger partial charge >= 0.3 is 0 Å². The van der Waals surface area contributed by atoms with Crippen molar-refractivity contribution < 1.29 is 38.0 Å². The summed E-state index contributed by atoms with van der Waals surface area (Å²) in [6.07, 6.45) is 7.19. The summed E-state index contributed by atoms with van der Waals surface area (Å²) in [6.45, 7) is 4.87. The summed E-state index contributed by atoms with van der Waals surface area (Å²) in [6, 6.07) is 0.344. The molecule has 0 saturated heterocycles. The minimum Gasteiger partial charge on any atom is -0.396 e. The molecule has 26 heavy (non-hydrogen) atoms. The van der Waals surface area contributed by atoms with Crippen molar-refractivity contribution in [2.45, 2.75) is 71.3 Å². The number of hydrogen-bond acceptors (Lipinski definition) is 5. The summed E-state index contributed by atoms with van der Waals surface area (Å²) in [5, 5.41) is 14.2. The first-order valence-corrected chi connectivity index (χ1v) is 9.45. The molecule has 0 unspecified atom stereocenters.